The summed E-state index contributed by atoms with van der Waals surface area (Å²) in [5.74, 6) is 0.326. The van der Waals surface area contributed by atoms with Crippen LogP contribution in [0.4, 0.5) is 0 Å². The van der Waals surface area contributed by atoms with Gasteiger partial charge in [-0.15, -0.1) is 11.6 Å². The van der Waals surface area contributed by atoms with Crippen LogP contribution in [0, 0.1) is 0 Å². The first-order valence-electron chi connectivity index (χ1n) is 4.63. The summed E-state index contributed by atoms with van der Waals surface area (Å²) >= 11 is 5.52. The Morgan fingerprint density at radius 2 is 2.00 bits per heavy atom. The molecule has 0 bridgehead atoms. The van der Waals surface area contributed by atoms with Gasteiger partial charge in [0.15, 0.2) is 0 Å². The highest BCUT2D eigenvalue weighted by Gasteiger charge is 2.13. The molecule has 12 heavy (non-hydrogen) atoms. The second-order valence-electron chi connectivity index (χ2n) is 3.15. The predicted octanol–water partition coefficient (Wildman–Crippen LogP) is 1.71. The number of hydrogen-bond acceptors (Lipinski definition) is 2. The number of nitrogens with zero attached hydrogens (tertiary/aromatic N) is 1. The zero-order valence-electron chi connectivity index (χ0n) is 8.26. The van der Waals surface area contributed by atoms with E-state index in [0.717, 1.165) is 13.0 Å². The number of halogens is 1. The molecule has 0 aliphatic heterocycles. The Balaban J connectivity index is 3.81. The molecule has 3 heteroatoms. The minimum absolute atomic E-state index is 0.326. The van der Waals surface area contributed by atoms with Crippen molar-refractivity contribution in [3.8, 4) is 0 Å². The van der Waals surface area contributed by atoms with Crippen molar-refractivity contribution >= 4 is 11.6 Å². The van der Waals surface area contributed by atoms with Crippen LogP contribution < -0.4 is 0 Å². The van der Waals surface area contributed by atoms with Crippen LogP contribution in [-0.4, -0.2) is 41.1 Å². The summed E-state index contributed by atoms with van der Waals surface area (Å²) in [5, 5.41) is 9.33. The fourth-order valence-electron chi connectivity index (χ4n) is 1.20. The van der Waals surface area contributed by atoms with E-state index in [1.165, 1.54) is 0 Å². The van der Waals surface area contributed by atoms with Gasteiger partial charge in [-0.05, 0) is 19.9 Å². The highest BCUT2D eigenvalue weighted by molar-refractivity contribution is 6.18. The molecule has 0 amide bonds. The zero-order valence-corrected chi connectivity index (χ0v) is 9.01. The molecule has 0 radical (unpaired) electrons. The molecule has 0 rings (SSSR count). The molecule has 0 aromatic rings. The third-order valence-corrected chi connectivity index (χ3v) is 2.60. The molecule has 2 unspecified atom stereocenters. The summed E-state index contributed by atoms with van der Waals surface area (Å²) in [6, 6.07) is 0.535. The fraction of sp³-hybridized carbons (Fsp3) is 1.00. The van der Waals surface area contributed by atoms with Crippen molar-refractivity contribution in [1.29, 1.82) is 0 Å². The quantitative estimate of drug-likeness (QED) is 0.650. The second kappa shape index (κ2) is 6.70. The molecule has 0 spiro atoms. The van der Waals surface area contributed by atoms with E-state index in [-0.39, 0.29) is 6.10 Å². The lowest BCUT2D eigenvalue weighted by atomic mass is 10.2. The van der Waals surface area contributed by atoms with Crippen molar-refractivity contribution < 1.29 is 5.11 Å². The Hall–Kier alpha value is 0.210. The molecule has 0 aromatic heterocycles. The molecule has 0 saturated carbocycles. The molecule has 0 fully saturated rings. The van der Waals surface area contributed by atoms with Gasteiger partial charge in [0.05, 0.1) is 6.10 Å². The Labute approximate surface area is 80.5 Å². The minimum atomic E-state index is -0.388. The van der Waals surface area contributed by atoms with E-state index in [2.05, 4.69) is 25.7 Å². The van der Waals surface area contributed by atoms with Crippen LogP contribution in [0.3, 0.4) is 0 Å². The Morgan fingerprint density at radius 1 is 1.42 bits per heavy atom. The summed E-state index contributed by atoms with van der Waals surface area (Å²) < 4.78 is 0. The number of hydrogen-bond donors (Lipinski definition) is 1. The van der Waals surface area contributed by atoms with Gasteiger partial charge in [-0.2, -0.15) is 0 Å². The average Bonchev–Trinajstić information content (AvgIpc) is 2.12. The van der Waals surface area contributed by atoms with Crippen molar-refractivity contribution in [2.75, 3.05) is 19.0 Å². The first kappa shape index (κ1) is 12.2. The molecule has 2 nitrogen and oxygen atoms in total. The van der Waals surface area contributed by atoms with Gasteiger partial charge in [-0.1, -0.05) is 13.8 Å². The molecule has 0 aliphatic rings. The minimum Gasteiger partial charge on any atom is -0.391 e. The van der Waals surface area contributed by atoms with Crippen LogP contribution in [0.25, 0.3) is 0 Å². The van der Waals surface area contributed by atoms with Gasteiger partial charge >= 0.3 is 0 Å². The summed E-state index contributed by atoms with van der Waals surface area (Å²) in [6.07, 6.45) is 0.726. The van der Waals surface area contributed by atoms with Crippen LogP contribution >= 0.6 is 11.6 Å². The van der Waals surface area contributed by atoms with Crippen molar-refractivity contribution in [3.05, 3.63) is 0 Å². The maximum atomic E-state index is 9.33. The van der Waals surface area contributed by atoms with E-state index in [9.17, 15) is 5.11 Å². The van der Waals surface area contributed by atoms with E-state index in [1.54, 1.807) is 0 Å². The Morgan fingerprint density at radius 3 is 2.33 bits per heavy atom. The molecular weight excluding hydrogens is 174 g/mol. The Bertz CT molecular complexity index is 111. The van der Waals surface area contributed by atoms with Crippen molar-refractivity contribution in [2.24, 2.45) is 0 Å². The lowest BCUT2D eigenvalue weighted by molar-refractivity contribution is 0.107. The lowest BCUT2D eigenvalue weighted by Crippen LogP contribution is -2.39. The highest BCUT2D eigenvalue weighted by atomic mass is 35.5. The monoisotopic (exact) mass is 193 g/mol. The lowest BCUT2D eigenvalue weighted by Gasteiger charge is -2.28. The van der Waals surface area contributed by atoms with Gasteiger partial charge in [-0.3, -0.25) is 4.90 Å². The molecular formula is C9H20ClNO. The maximum Gasteiger partial charge on any atom is 0.0802 e. The molecule has 0 saturated heterocycles. The molecule has 0 aromatic carbocycles. The number of likely N-dealkylation sites (N-methyl/N-ethyl adjacent to an activating group) is 1. The largest absolute Gasteiger partial charge is 0.391 e. The van der Waals surface area contributed by atoms with Crippen LogP contribution in [0.5, 0.6) is 0 Å². The molecule has 1 N–H and O–H groups in total. The van der Waals surface area contributed by atoms with Crippen molar-refractivity contribution in [2.45, 2.75) is 39.3 Å². The molecule has 2 atom stereocenters. The summed E-state index contributed by atoms with van der Waals surface area (Å²) in [5.41, 5.74) is 0. The van der Waals surface area contributed by atoms with E-state index >= 15 is 0 Å². The molecule has 0 aliphatic carbocycles. The van der Waals surface area contributed by atoms with Crippen LogP contribution in [-0.2, 0) is 0 Å². The first-order valence-corrected chi connectivity index (χ1v) is 5.17. The normalized spacial score (nSPS) is 16.5. The third kappa shape index (κ3) is 4.29. The molecule has 0 heterocycles. The maximum absolute atomic E-state index is 9.33. The van der Waals surface area contributed by atoms with Gasteiger partial charge in [0.1, 0.15) is 0 Å². The van der Waals surface area contributed by atoms with Gasteiger partial charge in [-0.25, -0.2) is 0 Å². The van der Waals surface area contributed by atoms with Gasteiger partial charge in [0.25, 0.3) is 0 Å². The molecule has 74 valence electrons. The smallest absolute Gasteiger partial charge is 0.0802 e. The van der Waals surface area contributed by atoms with Crippen LogP contribution in [0.15, 0.2) is 0 Å². The highest BCUT2D eigenvalue weighted by Crippen LogP contribution is 2.04. The van der Waals surface area contributed by atoms with Gasteiger partial charge < -0.3 is 5.11 Å². The van der Waals surface area contributed by atoms with E-state index in [0.29, 0.717) is 18.5 Å². The summed E-state index contributed by atoms with van der Waals surface area (Å²) in [7, 11) is 0. The number of aliphatic hydroxyl groups excluding tert-OH is 1. The fourth-order valence-corrected chi connectivity index (χ4v) is 1.30. The second-order valence-corrected chi connectivity index (χ2v) is 3.46. The van der Waals surface area contributed by atoms with Crippen LogP contribution in [0.2, 0.25) is 0 Å². The standard InChI is InChI=1S/C9H20ClNO/c1-4-8(3)11(5-2)7-9(12)6-10/h8-9,12H,4-7H2,1-3H3. The van der Waals surface area contributed by atoms with E-state index < -0.39 is 0 Å². The van der Waals surface area contributed by atoms with Crippen LogP contribution in [0.1, 0.15) is 27.2 Å². The first-order chi connectivity index (χ1) is 5.65. The average molecular weight is 194 g/mol. The summed E-state index contributed by atoms with van der Waals surface area (Å²) in [4.78, 5) is 2.24. The zero-order chi connectivity index (χ0) is 9.56. The Kier molecular flexibility index (Phi) is 6.81. The van der Waals surface area contributed by atoms with Crippen molar-refractivity contribution in [3.63, 3.8) is 0 Å². The third-order valence-electron chi connectivity index (χ3n) is 2.24. The number of alkyl halides is 1. The number of rotatable bonds is 6. The van der Waals surface area contributed by atoms with E-state index in [1.807, 2.05) is 0 Å². The van der Waals surface area contributed by atoms with E-state index in [4.69, 9.17) is 11.6 Å². The number of aliphatic hydroxyl groups is 1. The topological polar surface area (TPSA) is 23.5 Å². The van der Waals surface area contributed by atoms with Gasteiger partial charge in [0, 0.05) is 18.5 Å². The van der Waals surface area contributed by atoms with Crippen molar-refractivity contribution in [1.82, 2.24) is 4.90 Å². The SMILES string of the molecule is CCC(C)N(CC)CC(O)CCl. The summed E-state index contributed by atoms with van der Waals surface area (Å²) in [6.45, 7) is 8.09. The van der Waals surface area contributed by atoms with Gasteiger partial charge in [0.2, 0.25) is 0 Å². The predicted molar refractivity (Wildman–Crippen MR) is 53.7 cm³/mol.